The van der Waals surface area contributed by atoms with Crippen LogP contribution >= 0.6 is 0 Å². The maximum atomic E-state index is 14.2. The van der Waals surface area contributed by atoms with Gasteiger partial charge in [0, 0.05) is 0 Å². The van der Waals surface area contributed by atoms with E-state index in [-0.39, 0.29) is 5.92 Å². The number of alkyl halides is 3. The Bertz CT molecular complexity index is 508. The number of nitrogens with zero attached hydrogens (tertiary/aromatic N) is 1. The lowest BCUT2D eigenvalue weighted by molar-refractivity contribution is -0.102. The first-order valence-electron chi connectivity index (χ1n) is 10.9. The summed E-state index contributed by atoms with van der Waals surface area (Å²) in [4.78, 5) is 3.26. The summed E-state index contributed by atoms with van der Waals surface area (Å²) in [5, 5.41) is 10.2. The van der Waals surface area contributed by atoms with Crippen LogP contribution in [0.1, 0.15) is 71.1 Å². The van der Waals surface area contributed by atoms with Crippen molar-refractivity contribution < 1.29 is 18.3 Å². The number of aliphatic hydroxyl groups is 1. The van der Waals surface area contributed by atoms with Crippen LogP contribution in [0.2, 0.25) is 0 Å². The van der Waals surface area contributed by atoms with Gasteiger partial charge in [0.25, 0.3) is 6.04 Å². The van der Waals surface area contributed by atoms with Gasteiger partial charge in [0.15, 0.2) is 12.3 Å². The standard InChI is InChI=1S/C22H34F3NO/c1-3-4-13-5-7-14(8-6-13)15-9-11-16(12-10-15)17-21(26-2)19(24)18(23)20(25)22(17)27/h13-22,27H,3-12H2,1H3. The van der Waals surface area contributed by atoms with E-state index in [1.807, 2.05) is 0 Å². The summed E-state index contributed by atoms with van der Waals surface area (Å²) in [6.45, 7) is 9.51. The monoisotopic (exact) mass is 385 g/mol. The predicted octanol–water partition coefficient (Wildman–Crippen LogP) is 5.69. The van der Waals surface area contributed by atoms with E-state index in [0.717, 1.165) is 37.5 Å². The second-order valence-corrected chi connectivity index (χ2v) is 9.27. The van der Waals surface area contributed by atoms with Gasteiger partial charge in [-0.1, -0.05) is 32.6 Å². The molecule has 0 heterocycles. The molecule has 1 N–H and O–H groups in total. The molecule has 6 unspecified atom stereocenters. The lowest BCUT2D eigenvalue weighted by Gasteiger charge is -2.43. The van der Waals surface area contributed by atoms with Crippen LogP contribution in [0, 0.1) is 36.2 Å². The van der Waals surface area contributed by atoms with E-state index in [9.17, 15) is 18.3 Å². The highest BCUT2D eigenvalue weighted by Crippen LogP contribution is 2.47. The first kappa shape index (κ1) is 21.0. The summed E-state index contributed by atoms with van der Waals surface area (Å²) in [7, 11) is 0. The minimum absolute atomic E-state index is 0.0734. The fourth-order valence-electron chi connectivity index (χ4n) is 6.25. The molecular weight excluding hydrogens is 351 g/mol. The zero-order chi connectivity index (χ0) is 19.6. The summed E-state index contributed by atoms with van der Waals surface area (Å²) in [5.41, 5.74) is 0. The van der Waals surface area contributed by atoms with E-state index < -0.39 is 36.6 Å². The van der Waals surface area contributed by atoms with Crippen molar-refractivity contribution in [3.63, 3.8) is 0 Å². The summed E-state index contributed by atoms with van der Waals surface area (Å²) >= 11 is 0. The smallest absolute Gasteiger partial charge is 0.263 e. The van der Waals surface area contributed by atoms with Gasteiger partial charge in [0.1, 0.15) is 0 Å². The fourth-order valence-corrected chi connectivity index (χ4v) is 6.25. The molecule has 0 amide bonds. The Morgan fingerprint density at radius 2 is 1.33 bits per heavy atom. The molecule has 6 atom stereocenters. The van der Waals surface area contributed by atoms with Crippen LogP contribution in [0.15, 0.2) is 0 Å². The van der Waals surface area contributed by atoms with Crippen LogP contribution in [0.25, 0.3) is 4.85 Å². The third-order valence-corrected chi connectivity index (χ3v) is 7.81. The Hall–Kier alpha value is -0.760. The SMILES string of the molecule is [C-]#[N+]C1C(F)C(F)C(F)C(O)C1C1CCC(C2CCC(CCC)CC2)CC1. The van der Waals surface area contributed by atoms with Crippen molar-refractivity contribution >= 4 is 0 Å². The lowest BCUT2D eigenvalue weighted by Crippen LogP contribution is -2.57. The van der Waals surface area contributed by atoms with Crippen LogP contribution in [0.5, 0.6) is 0 Å². The molecule has 0 radical (unpaired) electrons. The molecule has 3 rings (SSSR count). The molecule has 27 heavy (non-hydrogen) atoms. The van der Waals surface area contributed by atoms with E-state index in [4.69, 9.17) is 6.57 Å². The van der Waals surface area contributed by atoms with E-state index >= 15 is 0 Å². The average Bonchev–Trinajstić information content (AvgIpc) is 2.70. The zero-order valence-electron chi connectivity index (χ0n) is 16.4. The highest BCUT2D eigenvalue weighted by Gasteiger charge is 2.58. The number of hydrogen-bond donors (Lipinski definition) is 1. The van der Waals surface area contributed by atoms with Crippen LogP contribution in [0.4, 0.5) is 13.2 Å². The Kier molecular flexibility index (Phi) is 7.11. The van der Waals surface area contributed by atoms with Gasteiger partial charge in [-0.2, -0.15) is 0 Å². The minimum Gasteiger partial charge on any atom is -0.389 e. The van der Waals surface area contributed by atoms with E-state index in [0.29, 0.717) is 5.92 Å². The third kappa shape index (κ3) is 4.31. The number of rotatable bonds is 4. The van der Waals surface area contributed by atoms with Crippen molar-refractivity contribution in [1.29, 1.82) is 0 Å². The molecule has 0 aliphatic heterocycles. The van der Waals surface area contributed by atoms with E-state index in [2.05, 4.69) is 11.8 Å². The van der Waals surface area contributed by atoms with Crippen LogP contribution in [-0.4, -0.2) is 35.8 Å². The molecule has 0 aromatic heterocycles. The molecule has 0 spiro atoms. The maximum Gasteiger partial charge on any atom is 0.263 e. The highest BCUT2D eigenvalue weighted by molar-refractivity contribution is 5.09. The first-order chi connectivity index (χ1) is 13.0. The number of aliphatic hydroxyl groups excluding tert-OH is 1. The van der Waals surface area contributed by atoms with Gasteiger partial charge in [0.05, 0.1) is 12.0 Å². The predicted molar refractivity (Wildman–Crippen MR) is 100 cm³/mol. The molecule has 0 saturated heterocycles. The summed E-state index contributed by atoms with van der Waals surface area (Å²) in [6.07, 6.45) is 3.15. The van der Waals surface area contributed by atoms with Gasteiger partial charge in [0.2, 0.25) is 6.17 Å². The largest absolute Gasteiger partial charge is 0.389 e. The number of halogens is 3. The van der Waals surface area contributed by atoms with Gasteiger partial charge in [-0.05, 0) is 62.2 Å². The second kappa shape index (κ2) is 9.16. The second-order valence-electron chi connectivity index (χ2n) is 9.27. The molecular formula is C22H34F3NO. The average molecular weight is 386 g/mol. The van der Waals surface area contributed by atoms with Crippen LogP contribution in [0.3, 0.4) is 0 Å². The Morgan fingerprint density at radius 1 is 0.815 bits per heavy atom. The summed E-state index contributed by atoms with van der Waals surface area (Å²) in [5.74, 6) is 1.45. The maximum absolute atomic E-state index is 14.2. The summed E-state index contributed by atoms with van der Waals surface area (Å²) < 4.78 is 42.0. The Morgan fingerprint density at radius 3 is 1.85 bits per heavy atom. The summed E-state index contributed by atoms with van der Waals surface area (Å²) in [6, 6.07) is -1.26. The van der Waals surface area contributed by atoms with Crippen LogP contribution in [-0.2, 0) is 0 Å². The molecule has 0 bridgehead atoms. The Labute approximate surface area is 161 Å². The molecule has 3 fully saturated rings. The minimum atomic E-state index is -2.38. The molecule has 0 aromatic carbocycles. The fraction of sp³-hybridized carbons (Fsp3) is 0.955. The van der Waals surface area contributed by atoms with Crippen molar-refractivity contribution in [3.05, 3.63) is 11.4 Å². The van der Waals surface area contributed by atoms with Crippen molar-refractivity contribution in [3.8, 4) is 0 Å². The van der Waals surface area contributed by atoms with E-state index in [1.165, 1.54) is 38.5 Å². The highest BCUT2D eigenvalue weighted by atomic mass is 19.2. The van der Waals surface area contributed by atoms with E-state index in [1.54, 1.807) is 0 Å². The van der Waals surface area contributed by atoms with Gasteiger partial charge >= 0.3 is 0 Å². The van der Waals surface area contributed by atoms with Crippen molar-refractivity contribution in [2.24, 2.45) is 29.6 Å². The molecule has 5 heteroatoms. The van der Waals surface area contributed by atoms with Gasteiger partial charge in [-0.3, -0.25) is 0 Å². The van der Waals surface area contributed by atoms with Crippen molar-refractivity contribution in [1.82, 2.24) is 0 Å². The molecule has 154 valence electrons. The molecule has 2 nitrogen and oxygen atoms in total. The normalized spacial score (nSPS) is 48.7. The van der Waals surface area contributed by atoms with Crippen molar-refractivity contribution in [2.45, 2.75) is 102 Å². The first-order valence-corrected chi connectivity index (χ1v) is 10.9. The Balaban J connectivity index is 1.56. The lowest BCUT2D eigenvalue weighted by atomic mass is 9.63. The molecule has 3 aliphatic rings. The molecule has 0 aromatic rings. The zero-order valence-corrected chi connectivity index (χ0v) is 16.4. The van der Waals surface area contributed by atoms with Crippen molar-refractivity contribution in [2.75, 3.05) is 0 Å². The van der Waals surface area contributed by atoms with Gasteiger partial charge in [-0.25, -0.2) is 19.7 Å². The number of hydrogen-bond acceptors (Lipinski definition) is 1. The third-order valence-electron chi connectivity index (χ3n) is 7.81. The topological polar surface area (TPSA) is 24.6 Å². The molecule has 3 saturated carbocycles. The van der Waals surface area contributed by atoms with Gasteiger partial charge < -0.3 is 9.95 Å². The van der Waals surface area contributed by atoms with Crippen LogP contribution < -0.4 is 0 Å². The van der Waals surface area contributed by atoms with Gasteiger partial charge in [-0.15, -0.1) is 0 Å². The molecule has 3 aliphatic carbocycles. The quantitative estimate of drug-likeness (QED) is 0.618.